The molecule has 2 aromatic rings. The minimum Gasteiger partial charge on any atom is -0.299 e. The second-order valence-corrected chi connectivity index (χ2v) is 6.16. The molecule has 3 nitrogen and oxygen atoms in total. The summed E-state index contributed by atoms with van der Waals surface area (Å²) in [4.78, 5) is 12.2. The van der Waals surface area contributed by atoms with Gasteiger partial charge in [0.1, 0.15) is 5.78 Å². The molecule has 112 valence electrons. The van der Waals surface area contributed by atoms with Crippen LogP contribution in [0.5, 0.6) is 0 Å². The number of aromatic nitrogens is 2. The zero-order valence-corrected chi connectivity index (χ0v) is 14.4. The van der Waals surface area contributed by atoms with E-state index < -0.39 is 0 Å². The zero-order chi connectivity index (χ0) is 15.4. The Kier molecular flexibility index (Phi) is 5.34. The minimum absolute atomic E-state index is 0.256. The lowest BCUT2D eigenvalue weighted by atomic mass is 10.0. The van der Waals surface area contributed by atoms with Crippen molar-refractivity contribution in [1.82, 2.24) is 9.78 Å². The van der Waals surface area contributed by atoms with Crippen LogP contribution in [0.25, 0.3) is 0 Å². The Balaban J connectivity index is 1.99. The average molecular weight is 349 g/mol. The molecule has 0 aliphatic rings. The summed E-state index contributed by atoms with van der Waals surface area (Å²) in [6.07, 6.45) is 1.82. The standard InChI is InChI=1S/C17H21BrN2O/c1-4-20-16(17(18)13(3)19-20)11-15(21)9-8-14-7-5-6-12(2)10-14/h5-7,10H,4,8-9,11H2,1-3H3. The number of rotatable bonds is 6. The summed E-state index contributed by atoms with van der Waals surface area (Å²) < 4.78 is 2.87. The van der Waals surface area contributed by atoms with Gasteiger partial charge in [-0.1, -0.05) is 29.8 Å². The number of hydrogen-bond donors (Lipinski definition) is 0. The van der Waals surface area contributed by atoms with E-state index in [1.54, 1.807) is 0 Å². The topological polar surface area (TPSA) is 34.9 Å². The Hall–Kier alpha value is -1.42. The predicted octanol–water partition coefficient (Wildman–Crippen LogP) is 4.03. The van der Waals surface area contributed by atoms with Crippen molar-refractivity contribution >= 4 is 21.7 Å². The van der Waals surface area contributed by atoms with Gasteiger partial charge in [-0.25, -0.2) is 0 Å². The van der Waals surface area contributed by atoms with Gasteiger partial charge in [0.2, 0.25) is 0 Å². The molecule has 0 fully saturated rings. The van der Waals surface area contributed by atoms with Gasteiger partial charge >= 0.3 is 0 Å². The van der Waals surface area contributed by atoms with Crippen LogP contribution in [0.15, 0.2) is 28.7 Å². The molecule has 0 unspecified atom stereocenters. The van der Waals surface area contributed by atoms with E-state index in [9.17, 15) is 4.79 Å². The summed E-state index contributed by atoms with van der Waals surface area (Å²) in [5, 5.41) is 4.43. The fraction of sp³-hybridized carbons (Fsp3) is 0.412. The Morgan fingerprint density at radius 3 is 2.76 bits per heavy atom. The smallest absolute Gasteiger partial charge is 0.139 e. The van der Waals surface area contributed by atoms with Crippen LogP contribution in [0.1, 0.15) is 35.9 Å². The molecule has 4 heteroatoms. The molecule has 0 saturated carbocycles. The fourth-order valence-corrected chi connectivity index (χ4v) is 2.89. The van der Waals surface area contributed by atoms with E-state index in [1.807, 2.05) is 24.6 Å². The van der Waals surface area contributed by atoms with E-state index in [-0.39, 0.29) is 5.78 Å². The highest BCUT2D eigenvalue weighted by Gasteiger charge is 2.15. The Morgan fingerprint density at radius 1 is 1.33 bits per heavy atom. The van der Waals surface area contributed by atoms with E-state index in [4.69, 9.17) is 0 Å². The summed E-state index contributed by atoms with van der Waals surface area (Å²) in [6.45, 7) is 6.86. The van der Waals surface area contributed by atoms with Crippen LogP contribution in [-0.4, -0.2) is 15.6 Å². The third-order valence-electron chi connectivity index (χ3n) is 3.59. The summed E-state index contributed by atoms with van der Waals surface area (Å²) in [7, 11) is 0. The summed E-state index contributed by atoms with van der Waals surface area (Å²) in [5.41, 5.74) is 4.40. The van der Waals surface area contributed by atoms with Crippen LogP contribution >= 0.6 is 15.9 Å². The molecule has 0 saturated heterocycles. The highest BCUT2D eigenvalue weighted by Crippen LogP contribution is 2.22. The number of hydrogen-bond acceptors (Lipinski definition) is 2. The van der Waals surface area contributed by atoms with Gasteiger partial charge in [-0.2, -0.15) is 5.10 Å². The van der Waals surface area contributed by atoms with Gasteiger partial charge in [-0.3, -0.25) is 9.48 Å². The third-order valence-corrected chi connectivity index (χ3v) is 4.62. The molecular weight excluding hydrogens is 328 g/mol. The maximum Gasteiger partial charge on any atom is 0.139 e. The normalized spacial score (nSPS) is 10.9. The van der Waals surface area contributed by atoms with Crippen LogP contribution < -0.4 is 0 Å². The van der Waals surface area contributed by atoms with Gasteiger partial charge in [0.05, 0.1) is 15.9 Å². The number of aryl methyl sites for hydroxylation is 4. The number of ketones is 1. The molecule has 0 aliphatic heterocycles. The van der Waals surface area contributed by atoms with Crippen molar-refractivity contribution in [2.75, 3.05) is 0 Å². The Bertz CT molecular complexity index is 646. The van der Waals surface area contributed by atoms with Crippen LogP contribution in [0, 0.1) is 13.8 Å². The lowest BCUT2D eigenvalue weighted by Gasteiger charge is -2.06. The monoisotopic (exact) mass is 348 g/mol. The van der Waals surface area contributed by atoms with Crippen molar-refractivity contribution in [3.05, 3.63) is 51.3 Å². The van der Waals surface area contributed by atoms with Crippen LogP contribution in [0.4, 0.5) is 0 Å². The minimum atomic E-state index is 0.256. The highest BCUT2D eigenvalue weighted by atomic mass is 79.9. The largest absolute Gasteiger partial charge is 0.299 e. The Morgan fingerprint density at radius 2 is 2.10 bits per heavy atom. The SMILES string of the molecule is CCn1nc(C)c(Br)c1CC(=O)CCc1cccc(C)c1. The number of carbonyl (C=O) groups excluding carboxylic acids is 1. The van der Waals surface area contributed by atoms with E-state index in [0.717, 1.165) is 28.8 Å². The lowest BCUT2D eigenvalue weighted by molar-refractivity contribution is -0.118. The first-order valence-electron chi connectivity index (χ1n) is 7.30. The number of Topliss-reactive ketones (excluding diaryl/α,β-unsaturated/α-hetero) is 1. The van der Waals surface area contributed by atoms with Gasteiger partial charge in [0.25, 0.3) is 0 Å². The third kappa shape index (κ3) is 4.03. The first-order chi connectivity index (χ1) is 10.0. The second-order valence-electron chi connectivity index (χ2n) is 5.37. The van der Waals surface area contributed by atoms with Crippen LogP contribution in [0.3, 0.4) is 0 Å². The summed E-state index contributed by atoms with van der Waals surface area (Å²) in [5.74, 6) is 0.256. The van der Waals surface area contributed by atoms with E-state index >= 15 is 0 Å². The average Bonchev–Trinajstić information content (AvgIpc) is 2.73. The molecule has 1 aromatic carbocycles. The number of benzene rings is 1. The quantitative estimate of drug-likeness (QED) is 0.789. The van der Waals surface area contributed by atoms with Crippen LogP contribution in [0.2, 0.25) is 0 Å². The number of nitrogens with zero attached hydrogens (tertiary/aromatic N) is 2. The maximum absolute atomic E-state index is 12.2. The predicted molar refractivity (Wildman–Crippen MR) is 88.5 cm³/mol. The van der Waals surface area contributed by atoms with Crippen molar-refractivity contribution in [3.63, 3.8) is 0 Å². The number of carbonyl (C=O) groups is 1. The molecule has 0 amide bonds. The van der Waals surface area contributed by atoms with Crippen molar-refractivity contribution in [2.24, 2.45) is 0 Å². The van der Waals surface area contributed by atoms with Crippen molar-refractivity contribution in [2.45, 2.75) is 46.6 Å². The highest BCUT2D eigenvalue weighted by molar-refractivity contribution is 9.10. The molecule has 2 rings (SSSR count). The van der Waals surface area contributed by atoms with Gasteiger partial charge in [0, 0.05) is 19.4 Å². The molecule has 0 N–H and O–H groups in total. The van der Waals surface area contributed by atoms with E-state index in [2.05, 4.69) is 46.2 Å². The molecule has 0 atom stereocenters. The molecule has 0 spiro atoms. The van der Waals surface area contributed by atoms with Crippen molar-refractivity contribution in [1.29, 1.82) is 0 Å². The second kappa shape index (κ2) is 7.03. The van der Waals surface area contributed by atoms with E-state index in [1.165, 1.54) is 11.1 Å². The summed E-state index contributed by atoms with van der Waals surface area (Å²) in [6, 6.07) is 8.34. The van der Waals surface area contributed by atoms with Gasteiger partial charge < -0.3 is 0 Å². The van der Waals surface area contributed by atoms with Crippen molar-refractivity contribution < 1.29 is 4.79 Å². The molecule has 0 bridgehead atoms. The zero-order valence-electron chi connectivity index (χ0n) is 12.8. The van der Waals surface area contributed by atoms with Crippen LogP contribution in [-0.2, 0) is 24.2 Å². The molecule has 1 aromatic heterocycles. The number of halogens is 1. The molecular formula is C17H21BrN2O. The van der Waals surface area contributed by atoms with E-state index in [0.29, 0.717) is 12.8 Å². The molecule has 21 heavy (non-hydrogen) atoms. The molecule has 1 heterocycles. The summed E-state index contributed by atoms with van der Waals surface area (Å²) >= 11 is 3.54. The van der Waals surface area contributed by atoms with Crippen molar-refractivity contribution in [3.8, 4) is 0 Å². The Labute approximate surface area is 134 Å². The first kappa shape index (κ1) is 16.0. The van der Waals surface area contributed by atoms with Gasteiger partial charge in [-0.05, 0) is 48.7 Å². The van der Waals surface area contributed by atoms with Gasteiger partial charge in [0.15, 0.2) is 0 Å². The lowest BCUT2D eigenvalue weighted by Crippen LogP contribution is -2.10. The fourth-order valence-electron chi connectivity index (χ4n) is 2.46. The van der Waals surface area contributed by atoms with Gasteiger partial charge in [-0.15, -0.1) is 0 Å². The maximum atomic E-state index is 12.2. The first-order valence-corrected chi connectivity index (χ1v) is 8.09. The molecule has 0 aliphatic carbocycles. The molecule has 0 radical (unpaired) electrons.